The number of ether oxygens (including phenoxy) is 2. The molecule has 0 spiro atoms. The van der Waals surface area contributed by atoms with Crippen LogP contribution in [-0.4, -0.2) is 33.9 Å². The lowest BCUT2D eigenvalue weighted by atomic mass is 10.1. The second kappa shape index (κ2) is 12.0. The predicted octanol–water partition coefficient (Wildman–Crippen LogP) is 4.31. The molecular weight excluding hydrogens is 438 g/mol. The maximum absolute atomic E-state index is 5.99. The van der Waals surface area contributed by atoms with Crippen molar-refractivity contribution in [3.63, 3.8) is 0 Å². The van der Waals surface area contributed by atoms with Crippen molar-refractivity contribution in [2.75, 3.05) is 13.7 Å². The molecule has 172 valence electrons. The van der Waals surface area contributed by atoms with Crippen LogP contribution in [-0.2, 0) is 19.6 Å². The van der Waals surface area contributed by atoms with E-state index < -0.39 is 0 Å². The molecule has 0 atom stereocenters. The molecule has 0 fully saturated rings. The fourth-order valence-electron chi connectivity index (χ4n) is 3.38. The summed E-state index contributed by atoms with van der Waals surface area (Å²) in [6, 6.07) is 24.4. The van der Waals surface area contributed by atoms with Gasteiger partial charge in [-0.2, -0.15) is 4.68 Å². The van der Waals surface area contributed by atoms with E-state index >= 15 is 0 Å². The fourth-order valence-corrected chi connectivity index (χ4v) is 3.38. The number of nitrogens with one attached hydrogen (secondary N) is 1. The van der Waals surface area contributed by atoms with Crippen LogP contribution < -0.4 is 14.8 Å². The maximum atomic E-state index is 5.99. The monoisotopic (exact) mass is 465 g/mol. The summed E-state index contributed by atoms with van der Waals surface area (Å²) in [7, 11) is 1.64. The third kappa shape index (κ3) is 6.54. The molecule has 0 aliphatic rings. The zero-order chi connectivity index (χ0) is 22.2. The first-order chi connectivity index (χ1) is 15.7. The van der Waals surface area contributed by atoms with Gasteiger partial charge in [0.1, 0.15) is 0 Å². The Balaban J connectivity index is 0.00000306. The zero-order valence-electron chi connectivity index (χ0n) is 18.8. The highest BCUT2D eigenvalue weighted by Gasteiger charge is 2.12. The van der Waals surface area contributed by atoms with Crippen LogP contribution in [0.1, 0.15) is 22.5 Å². The summed E-state index contributed by atoms with van der Waals surface area (Å²) in [6.07, 6.45) is 0.995. The van der Waals surface area contributed by atoms with Crippen LogP contribution in [0.2, 0.25) is 0 Å². The van der Waals surface area contributed by atoms with E-state index in [4.69, 9.17) is 9.47 Å². The highest BCUT2D eigenvalue weighted by Crippen LogP contribution is 2.29. The minimum absolute atomic E-state index is 0. The highest BCUT2D eigenvalue weighted by atomic mass is 35.5. The molecule has 8 heteroatoms. The van der Waals surface area contributed by atoms with E-state index in [1.165, 1.54) is 11.1 Å². The minimum atomic E-state index is 0. The number of hydrogen-bond donors (Lipinski definition) is 1. The minimum Gasteiger partial charge on any atom is -0.493 e. The zero-order valence-corrected chi connectivity index (χ0v) is 19.6. The Morgan fingerprint density at radius 1 is 0.909 bits per heavy atom. The fraction of sp³-hybridized carbons (Fsp3) is 0.240. The molecule has 3 aromatic carbocycles. The first-order valence-electron chi connectivity index (χ1n) is 10.6. The van der Waals surface area contributed by atoms with Gasteiger partial charge in [-0.05, 0) is 65.7 Å². The Morgan fingerprint density at radius 2 is 1.70 bits per heavy atom. The van der Waals surface area contributed by atoms with Gasteiger partial charge in [-0.3, -0.25) is 0 Å². The van der Waals surface area contributed by atoms with Gasteiger partial charge in [-0.1, -0.05) is 54.1 Å². The number of methoxy groups -OCH3 is 1. The molecule has 0 saturated carbocycles. The Morgan fingerprint density at radius 3 is 2.45 bits per heavy atom. The van der Waals surface area contributed by atoms with Crippen LogP contribution in [0.4, 0.5) is 0 Å². The first kappa shape index (κ1) is 24.2. The Labute approximate surface area is 200 Å². The van der Waals surface area contributed by atoms with Crippen LogP contribution in [0.15, 0.2) is 72.8 Å². The maximum Gasteiger partial charge on any atom is 0.194 e. The van der Waals surface area contributed by atoms with E-state index in [-0.39, 0.29) is 19.0 Å². The third-order valence-electron chi connectivity index (χ3n) is 5.16. The second-order valence-corrected chi connectivity index (χ2v) is 7.53. The van der Waals surface area contributed by atoms with Crippen LogP contribution in [0.5, 0.6) is 11.5 Å². The Kier molecular flexibility index (Phi) is 8.80. The quantitative estimate of drug-likeness (QED) is 0.352. The lowest BCUT2D eigenvalue weighted by molar-refractivity contribution is 0.273. The van der Waals surface area contributed by atoms with E-state index in [0.29, 0.717) is 17.3 Å². The lowest BCUT2D eigenvalue weighted by Gasteiger charge is -2.13. The van der Waals surface area contributed by atoms with Crippen LogP contribution in [0.25, 0.3) is 5.69 Å². The molecule has 1 aromatic heterocycles. The summed E-state index contributed by atoms with van der Waals surface area (Å²) < 4.78 is 13.2. The van der Waals surface area contributed by atoms with Crippen molar-refractivity contribution >= 4 is 12.4 Å². The number of aryl methyl sites for hydroxylation is 1. The van der Waals surface area contributed by atoms with Crippen LogP contribution in [0.3, 0.4) is 0 Å². The largest absolute Gasteiger partial charge is 0.493 e. The summed E-state index contributed by atoms with van der Waals surface area (Å²) >= 11 is 0. The summed E-state index contributed by atoms with van der Waals surface area (Å²) in [5, 5.41) is 15.5. The van der Waals surface area contributed by atoms with E-state index in [2.05, 4.69) is 45.1 Å². The highest BCUT2D eigenvalue weighted by molar-refractivity contribution is 5.85. The molecule has 33 heavy (non-hydrogen) atoms. The van der Waals surface area contributed by atoms with Crippen molar-refractivity contribution in [3.05, 3.63) is 95.3 Å². The Hall–Kier alpha value is -3.42. The first-order valence-corrected chi connectivity index (χ1v) is 10.6. The molecule has 1 heterocycles. The number of halogens is 1. The van der Waals surface area contributed by atoms with Gasteiger partial charge in [0.2, 0.25) is 0 Å². The Bertz CT molecular complexity index is 1130. The topological polar surface area (TPSA) is 74.1 Å². The number of rotatable bonds is 10. The van der Waals surface area contributed by atoms with E-state index in [9.17, 15) is 0 Å². The molecule has 0 amide bonds. The van der Waals surface area contributed by atoms with E-state index in [1.807, 2.05) is 55.5 Å². The van der Waals surface area contributed by atoms with Crippen molar-refractivity contribution in [2.24, 2.45) is 0 Å². The summed E-state index contributed by atoms with van der Waals surface area (Å²) in [4.78, 5) is 0. The molecule has 0 bridgehead atoms. The number of hydrogen-bond acceptors (Lipinski definition) is 6. The number of aromatic nitrogens is 4. The summed E-state index contributed by atoms with van der Waals surface area (Å²) in [5.41, 5.74) is 4.53. The molecule has 0 saturated heterocycles. The number of tetrazole rings is 1. The molecule has 0 aliphatic heterocycles. The number of nitrogens with zero attached hydrogens (tertiary/aromatic N) is 4. The standard InChI is InChI=1S/C25H27N5O2.ClH/c1-19-8-11-22(12-9-19)30-25(27-28-29-30)18-32-23-13-10-21(16-24(23)31-2)17-26-15-14-20-6-4-3-5-7-20;/h3-13,16,26H,14-15,17-18H2,1-2H3;1H. The molecule has 0 unspecified atom stereocenters. The van der Waals surface area contributed by atoms with Crippen molar-refractivity contribution in [2.45, 2.75) is 26.5 Å². The van der Waals surface area contributed by atoms with Gasteiger partial charge < -0.3 is 14.8 Å². The SMILES string of the molecule is COc1cc(CNCCc2ccccc2)ccc1OCc1nnnn1-c1ccc(C)cc1.Cl. The van der Waals surface area contributed by atoms with Crippen molar-refractivity contribution in [1.29, 1.82) is 0 Å². The molecular formula is C25H28ClN5O2. The van der Waals surface area contributed by atoms with Gasteiger partial charge in [0.05, 0.1) is 12.8 Å². The molecule has 0 radical (unpaired) electrons. The van der Waals surface area contributed by atoms with E-state index in [1.54, 1.807) is 11.8 Å². The smallest absolute Gasteiger partial charge is 0.194 e. The summed E-state index contributed by atoms with van der Waals surface area (Å²) in [6.45, 7) is 3.94. The summed E-state index contributed by atoms with van der Waals surface area (Å²) in [5.74, 6) is 1.95. The molecule has 4 rings (SSSR count). The third-order valence-corrected chi connectivity index (χ3v) is 5.16. The van der Waals surface area contributed by atoms with E-state index in [0.717, 1.165) is 30.8 Å². The normalized spacial score (nSPS) is 10.5. The van der Waals surface area contributed by atoms with Gasteiger partial charge >= 0.3 is 0 Å². The lowest BCUT2D eigenvalue weighted by Crippen LogP contribution is -2.16. The average molecular weight is 466 g/mol. The average Bonchev–Trinajstić information content (AvgIpc) is 3.30. The van der Waals surface area contributed by atoms with Gasteiger partial charge in [0.15, 0.2) is 23.9 Å². The van der Waals surface area contributed by atoms with Crippen LogP contribution >= 0.6 is 12.4 Å². The molecule has 7 nitrogen and oxygen atoms in total. The van der Waals surface area contributed by atoms with Gasteiger partial charge in [-0.25, -0.2) is 0 Å². The van der Waals surface area contributed by atoms with Crippen LogP contribution in [0, 0.1) is 6.92 Å². The van der Waals surface area contributed by atoms with Gasteiger partial charge in [-0.15, -0.1) is 17.5 Å². The van der Waals surface area contributed by atoms with Crippen molar-refractivity contribution in [3.8, 4) is 17.2 Å². The second-order valence-electron chi connectivity index (χ2n) is 7.53. The van der Waals surface area contributed by atoms with Gasteiger partial charge in [0, 0.05) is 6.54 Å². The predicted molar refractivity (Wildman–Crippen MR) is 130 cm³/mol. The molecule has 1 N–H and O–H groups in total. The van der Waals surface area contributed by atoms with Crippen molar-refractivity contribution < 1.29 is 9.47 Å². The van der Waals surface area contributed by atoms with Gasteiger partial charge in [0.25, 0.3) is 0 Å². The number of benzene rings is 3. The molecule has 4 aromatic rings. The molecule has 0 aliphatic carbocycles. The van der Waals surface area contributed by atoms with Crippen molar-refractivity contribution in [1.82, 2.24) is 25.5 Å².